The van der Waals surface area contributed by atoms with Crippen LogP contribution in [0.15, 0.2) is 34.2 Å². The minimum Gasteiger partial charge on any atom is -0.378 e. The number of benzene rings is 1. The zero-order valence-corrected chi connectivity index (χ0v) is 15.3. The fourth-order valence-electron chi connectivity index (χ4n) is 1.76. The lowest BCUT2D eigenvalue weighted by Gasteiger charge is -2.11. The van der Waals surface area contributed by atoms with Crippen molar-refractivity contribution >= 4 is 44.0 Å². The number of carbonyl (C=O) groups is 1. The van der Waals surface area contributed by atoms with E-state index in [1.54, 1.807) is 12.1 Å². The maximum absolute atomic E-state index is 12.2. The number of rotatable bonds is 5. The van der Waals surface area contributed by atoms with Crippen LogP contribution in [0.25, 0.3) is 6.08 Å². The van der Waals surface area contributed by atoms with Crippen molar-refractivity contribution in [2.24, 2.45) is 0 Å². The Morgan fingerprint density at radius 3 is 2.40 bits per heavy atom. The number of aromatic nitrogens is 2. The van der Waals surface area contributed by atoms with Gasteiger partial charge in [-0.25, -0.2) is 8.42 Å². The van der Waals surface area contributed by atoms with Crippen LogP contribution in [0.4, 0.5) is 10.8 Å². The van der Waals surface area contributed by atoms with Gasteiger partial charge in [-0.1, -0.05) is 23.5 Å². The Balaban J connectivity index is 2.18. The van der Waals surface area contributed by atoms with Crippen molar-refractivity contribution in [1.29, 1.82) is 5.26 Å². The van der Waals surface area contributed by atoms with Gasteiger partial charge in [-0.2, -0.15) is 5.26 Å². The Kier molecular flexibility index (Phi) is 5.51. The number of anilines is 2. The van der Waals surface area contributed by atoms with E-state index >= 15 is 0 Å². The Bertz CT molecular complexity index is 954. The van der Waals surface area contributed by atoms with E-state index in [0.29, 0.717) is 5.56 Å². The number of nitrogens with one attached hydrogen (secondary N) is 1. The minimum atomic E-state index is -3.49. The summed E-state index contributed by atoms with van der Waals surface area (Å²) in [6.07, 6.45) is 2.43. The molecule has 0 fully saturated rings. The molecule has 1 amide bonds. The molecule has 130 valence electrons. The number of nitrogens with zero attached hydrogens (tertiary/aromatic N) is 4. The molecule has 2 rings (SSSR count). The summed E-state index contributed by atoms with van der Waals surface area (Å²) < 4.78 is 22.5. The molecule has 0 saturated heterocycles. The normalized spacial score (nSPS) is 11.7. The molecule has 25 heavy (non-hydrogen) atoms. The highest BCUT2D eigenvalue weighted by molar-refractivity contribution is 7.92. The topological polar surface area (TPSA) is 116 Å². The number of hydrogen-bond donors (Lipinski definition) is 1. The second-order valence-corrected chi connectivity index (χ2v) is 8.42. The van der Waals surface area contributed by atoms with Crippen LogP contribution in [-0.4, -0.2) is 44.9 Å². The molecule has 1 aromatic heterocycles. The Hall–Kier alpha value is -2.77. The zero-order valence-electron chi connectivity index (χ0n) is 13.7. The van der Waals surface area contributed by atoms with Gasteiger partial charge in [0.25, 0.3) is 5.91 Å². The van der Waals surface area contributed by atoms with Crippen molar-refractivity contribution < 1.29 is 13.2 Å². The molecule has 0 bridgehead atoms. The van der Waals surface area contributed by atoms with Crippen LogP contribution in [0.1, 0.15) is 5.56 Å². The monoisotopic (exact) mass is 377 g/mol. The first-order valence-corrected chi connectivity index (χ1v) is 9.65. The third-order valence-electron chi connectivity index (χ3n) is 3.03. The van der Waals surface area contributed by atoms with Crippen LogP contribution >= 0.6 is 11.3 Å². The highest BCUT2D eigenvalue weighted by Crippen LogP contribution is 2.20. The molecule has 0 saturated carbocycles. The Labute approximate surface area is 149 Å². The molecule has 1 aromatic carbocycles. The van der Waals surface area contributed by atoms with Gasteiger partial charge in [0.2, 0.25) is 19.3 Å². The van der Waals surface area contributed by atoms with E-state index in [-0.39, 0.29) is 15.0 Å². The molecule has 1 N–H and O–H groups in total. The highest BCUT2D eigenvalue weighted by Gasteiger charge is 2.17. The molecule has 10 heteroatoms. The van der Waals surface area contributed by atoms with Crippen LogP contribution in [0.2, 0.25) is 0 Å². The first-order chi connectivity index (χ1) is 11.7. The lowest BCUT2D eigenvalue weighted by Crippen LogP contribution is -2.13. The van der Waals surface area contributed by atoms with Gasteiger partial charge in [0.05, 0.1) is 0 Å². The van der Waals surface area contributed by atoms with Gasteiger partial charge >= 0.3 is 0 Å². The van der Waals surface area contributed by atoms with E-state index in [1.807, 2.05) is 37.2 Å². The average molecular weight is 377 g/mol. The van der Waals surface area contributed by atoms with E-state index in [0.717, 1.165) is 23.3 Å². The molecule has 0 aliphatic rings. The fraction of sp³-hybridized carbons (Fsp3) is 0.200. The predicted octanol–water partition coefficient (Wildman–Crippen LogP) is 1.55. The largest absolute Gasteiger partial charge is 0.378 e. The van der Waals surface area contributed by atoms with Crippen molar-refractivity contribution in [2.45, 2.75) is 4.34 Å². The Morgan fingerprint density at radius 1 is 1.28 bits per heavy atom. The van der Waals surface area contributed by atoms with Crippen LogP contribution in [0, 0.1) is 11.3 Å². The number of carbonyl (C=O) groups excluding carboxylic acids is 1. The van der Waals surface area contributed by atoms with Gasteiger partial charge in [0.15, 0.2) is 0 Å². The quantitative estimate of drug-likeness (QED) is 0.477. The molecular formula is C15H15N5O3S2. The smallest absolute Gasteiger partial charge is 0.268 e. The van der Waals surface area contributed by atoms with Gasteiger partial charge in [-0.3, -0.25) is 10.1 Å². The van der Waals surface area contributed by atoms with E-state index in [2.05, 4.69) is 15.5 Å². The zero-order chi connectivity index (χ0) is 18.6. The molecule has 2 aromatic rings. The van der Waals surface area contributed by atoms with E-state index in [1.165, 1.54) is 6.08 Å². The SMILES string of the molecule is CN(C)c1ccc(/C=C(/C#N)C(=O)Nc2nnc(S(C)(=O)=O)s2)cc1. The molecule has 0 radical (unpaired) electrons. The summed E-state index contributed by atoms with van der Waals surface area (Å²) in [5.41, 5.74) is 1.54. The summed E-state index contributed by atoms with van der Waals surface area (Å²) >= 11 is 0.723. The van der Waals surface area contributed by atoms with Crippen molar-refractivity contribution in [2.75, 3.05) is 30.6 Å². The lowest BCUT2D eigenvalue weighted by atomic mass is 10.1. The Morgan fingerprint density at radius 2 is 1.92 bits per heavy atom. The summed E-state index contributed by atoms with van der Waals surface area (Å²) in [4.78, 5) is 14.1. The minimum absolute atomic E-state index is 0.00882. The summed E-state index contributed by atoms with van der Waals surface area (Å²) in [5.74, 6) is -0.685. The second kappa shape index (κ2) is 7.42. The van der Waals surface area contributed by atoms with Crippen LogP contribution in [0.5, 0.6) is 0 Å². The molecule has 0 spiro atoms. The van der Waals surface area contributed by atoms with Gasteiger partial charge < -0.3 is 4.90 Å². The average Bonchev–Trinajstić information content (AvgIpc) is 3.01. The van der Waals surface area contributed by atoms with Gasteiger partial charge in [-0.05, 0) is 23.8 Å². The molecule has 0 aliphatic carbocycles. The number of nitriles is 1. The highest BCUT2D eigenvalue weighted by atomic mass is 32.2. The number of sulfone groups is 1. The summed E-state index contributed by atoms with van der Waals surface area (Å²) in [7, 11) is 0.324. The van der Waals surface area contributed by atoms with Crippen LogP contribution in [-0.2, 0) is 14.6 Å². The number of amides is 1. The first-order valence-electron chi connectivity index (χ1n) is 6.95. The first kappa shape index (κ1) is 18.6. The number of hydrogen-bond acceptors (Lipinski definition) is 8. The van der Waals surface area contributed by atoms with E-state index in [4.69, 9.17) is 0 Å². The maximum atomic E-state index is 12.2. The molecular weight excluding hydrogens is 362 g/mol. The van der Waals surface area contributed by atoms with Gasteiger partial charge in [0, 0.05) is 26.0 Å². The molecule has 0 atom stereocenters. The third-order valence-corrected chi connectivity index (χ3v) is 5.54. The third kappa shape index (κ3) is 4.85. The van der Waals surface area contributed by atoms with Crippen molar-refractivity contribution in [3.8, 4) is 6.07 Å². The summed E-state index contributed by atoms with van der Waals surface area (Å²) in [6, 6.07) is 9.12. The lowest BCUT2D eigenvalue weighted by molar-refractivity contribution is -0.112. The summed E-state index contributed by atoms with van der Waals surface area (Å²) in [6.45, 7) is 0. The molecule has 0 aliphatic heterocycles. The van der Waals surface area contributed by atoms with Crippen LogP contribution < -0.4 is 10.2 Å². The van der Waals surface area contributed by atoms with Crippen molar-refractivity contribution in [3.63, 3.8) is 0 Å². The molecule has 0 unspecified atom stereocenters. The second-order valence-electron chi connectivity index (χ2n) is 5.26. The molecule has 1 heterocycles. The van der Waals surface area contributed by atoms with E-state index in [9.17, 15) is 18.5 Å². The molecule has 8 nitrogen and oxygen atoms in total. The maximum Gasteiger partial charge on any atom is 0.268 e. The summed E-state index contributed by atoms with van der Waals surface area (Å²) in [5, 5.41) is 18.7. The predicted molar refractivity (Wildman–Crippen MR) is 96.0 cm³/mol. The fourth-order valence-corrected chi connectivity index (χ4v) is 3.26. The van der Waals surface area contributed by atoms with E-state index < -0.39 is 15.7 Å². The standard InChI is InChI=1S/C15H15N5O3S2/c1-20(2)12-6-4-10(5-7-12)8-11(9-16)13(21)17-14-18-19-15(24-14)25(3,22)23/h4-8H,1-3H3,(H,17,18,21)/b11-8-. The van der Waals surface area contributed by atoms with Gasteiger partial charge in [-0.15, -0.1) is 10.2 Å². The van der Waals surface area contributed by atoms with Crippen molar-refractivity contribution in [3.05, 3.63) is 35.4 Å². The van der Waals surface area contributed by atoms with Crippen LogP contribution in [0.3, 0.4) is 0 Å². The van der Waals surface area contributed by atoms with Gasteiger partial charge in [0.1, 0.15) is 11.6 Å². The van der Waals surface area contributed by atoms with Crippen molar-refractivity contribution in [1.82, 2.24) is 10.2 Å².